The largest absolute Gasteiger partial charge is 0.312 e. The quantitative estimate of drug-likeness (QED) is 0.660. The van der Waals surface area contributed by atoms with Gasteiger partial charge in [0.2, 0.25) is 0 Å². The van der Waals surface area contributed by atoms with Gasteiger partial charge in [-0.15, -0.1) is 10.2 Å². The van der Waals surface area contributed by atoms with E-state index in [1.807, 2.05) is 36.7 Å². The molecule has 0 aliphatic heterocycles. The molecule has 0 saturated heterocycles. The maximum Gasteiger partial charge on any atom is 0.275 e. The number of pyridine rings is 2. The van der Waals surface area contributed by atoms with E-state index < -0.39 is 0 Å². The molecule has 1 N–H and O–H groups in total. The first-order chi connectivity index (χ1) is 13.1. The van der Waals surface area contributed by atoms with Crippen LogP contribution in [0.2, 0.25) is 0 Å². The Hall–Kier alpha value is -2.74. The second-order valence-corrected chi connectivity index (χ2v) is 7.63. The summed E-state index contributed by atoms with van der Waals surface area (Å²) in [5.74, 6) is 1.51. The number of carbonyl (C=O) groups is 1. The zero-order valence-corrected chi connectivity index (χ0v) is 16.0. The van der Waals surface area contributed by atoms with Gasteiger partial charge in [-0.05, 0) is 49.1 Å². The molecule has 1 aliphatic carbocycles. The summed E-state index contributed by atoms with van der Waals surface area (Å²) in [5, 5.41) is 11.6. The number of hydrogen-bond acceptors (Lipinski definition) is 6. The third-order valence-corrected chi connectivity index (χ3v) is 5.54. The van der Waals surface area contributed by atoms with Crippen molar-refractivity contribution in [3.05, 3.63) is 59.3 Å². The zero-order chi connectivity index (χ0) is 18.8. The molecule has 8 heteroatoms. The first kappa shape index (κ1) is 17.7. The Morgan fingerprint density at radius 1 is 1.33 bits per heavy atom. The van der Waals surface area contributed by atoms with Gasteiger partial charge < -0.3 is 9.88 Å². The van der Waals surface area contributed by atoms with E-state index in [1.165, 1.54) is 0 Å². The van der Waals surface area contributed by atoms with Crippen molar-refractivity contribution in [1.82, 2.24) is 24.7 Å². The second-order valence-electron chi connectivity index (χ2n) is 6.69. The van der Waals surface area contributed by atoms with Gasteiger partial charge in [0, 0.05) is 30.6 Å². The molecule has 0 spiro atoms. The SMILES string of the molecule is Cc1ccc(C(=O)Nc2cc(CSc3nncn3C)ccn2)nc1C1CC1. The number of thioether (sulfide) groups is 1. The highest BCUT2D eigenvalue weighted by Gasteiger charge is 2.27. The van der Waals surface area contributed by atoms with Crippen molar-refractivity contribution in [3.63, 3.8) is 0 Å². The number of hydrogen-bond donors (Lipinski definition) is 1. The van der Waals surface area contributed by atoms with E-state index in [2.05, 4.69) is 25.5 Å². The van der Waals surface area contributed by atoms with Gasteiger partial charge in [-0.25, -0.2) is 9.97 Å². The van der Waals surface area contributed by atoms with Crippen LogP contribution in [0.25, 0.3) is 0 Å². The smallest absolute Gasteiger partial charge is 0.275 e. The van der Waals surface area contributed by atoms with Crippen LogP contribution in [-0.4, -0.2) is 30.6 Å². The van der Waals surface area contributed by atoms with E-state index >= 15 is 0 Å². The molecule has 1 amide bonds. The van der Waals surface area contributed by atoms with E-state index in [9.17, 15) is 4.79 Å². The van der Waals surface area contributed by atoms with Crippen LogP contribution in [0.15, 0.2) is 41.9 Å². The summed E-state index contributed by atoms with van der Waals surface area (Å²) in [6, 6.07) is 7.53. The van der Waals surface area contributed by atoms with Gasteiger partial charge in [0.15, 0.2) is 5.16 Å². The van der Waals surface area contributed by atoms with E-state index in [4.69, 9.17) is 0 Å². The summed E-state index contributed by atoms with van der Waals surface area (Å²) in [5.41, 5.74) is 3.67. The number of rotatable bonds is 6. The third-order valence-electron chi connectivity index (χ3n) is 4.44. The summed E-state index contributed by atoms with van der Waals surface area (Å²) in [6.07, 6.45) is 5.68. The maximum absolute atomic E-state index is 12.6. The maximum atomic E-state index is 12.6. The molecule has 138 valence electrons. The minimum atomic E-state index is -0.234. The van der Waals surface area contributed by atoms with Crippen LogP contribution in [0.4, 0.5) is 5.82 Å². The fraction of sp³-hybridized carbons (Fsp3) is 0.316. The van der Waals surface area contributed by atoms with E-state index in [-0.39, 0.29) is 5.91 Å². The van der Waals surface area contributed by atoms with Crippen LogP contribution in [0.5, 0.6) is 0 Å². The lowest BCUT2D eigenvalue weighted by Gasteiger charge is -2.08. The van der Waals surface area contributed by atoms with Crippen LogP contribution in [0.1, 0.15) is 46.1 Å². The molecule has 1 saturated carbocycles. The van der Waals surface area contributed by atoms with Crippen molar-refractivity contribution < 1.29 is 4.79 Å². The number of nitrogens with one attached hydrogen (secondary N) is 1. The van der Waals surface area contributed by atoms with Gasteiger partial charge in [-0.3, -0.25) is 4.79 Å². The highest BCUT2D eigenvalue weighted by Crippen LogP contribution is 2.40. The summed E-state index contributed by atoms with van der Waals surface area (Å²) >= 11 is 1.58. The minimum absolute atomic E-state index is 0.234. The van der Waals surface area contributed by atoms with Crippen molar-refractivity contribution in [1.29, 1.82) is 0 Å². The molecular formula is C19H20N6OS. The first-order valence-corrected chi connectivity index (χ1v) is 9.79. The highest BCUT2D eigenvalue weighted by atomic mass is 32.2. The van der Waals surface area contributed by atoms with Gasteiger partial charge in [0.1, 0.15) is 17.8 Å². The lowest BCUT2D eigenvalue weighted by atomic mass is 10.1. The molecule has 27 heavy (non-hydrogen) atoms. The van der Waals surface area contributed by atoms with Gasteiger partial charge in [0.05, 0.1) is 0 Å². The average Bonchev–Trinajstić information content (AvgIpc) is 3.42. The van der Waals surface area contributed by atoms with Crippen LogP contribution in [-0.2, 0) is 12.8 Å². The molecule has 7 nitrogen and oxygen atoms in total. The molecule has 0 unspecified atom stereocenters. The second kappa shape index (κ2) is 7.48. The molecule has 1 aliphatic rings. The lowest BCUT2D eigenvalue weighted by molar-refractivity contribution is 0.102. The predicted octanol–water partition coefficient (Wildman–Crippen LogP) is 3.34. The fourth-order valence-electron chi connectivity index (χ4n) is 2.80. The Labute approximate surface area is 161 Å². The van der Waals surface area contributed by atoms with Crippen LogP contribution in [0, 0.1) is 6.92 Å². The van der Waals surface area contributed by atoms with E-state index in [0.29, 0.717) is 23.2 Å². The fourth-order valence-corrected chi connectivity index (χ4v) is 3.64. The number of anilines is 1. The van der Waals surface area contributed by atoms with Crippen molar-refractivity contribution in [2.24, 2.45) is 7.05 Å². The Bertz CT molecular complexity index is 982. The van der Waals surface area contributed by atoms with E-state index in [0.717, 1.165) is 34.8 Å². The summed E-state index contributed by atoms with van der Waals surface area (Å²) in [4.78, 5) is 21.4. The minimum Gasteiger partial charge on any atom is -0.312 e. The van der Waals surface area contributed by atoms with Crippen molar-refractivity contribution in [3.8, 4) is 0 Å². The third kappa shape index (κ3) is 4.16. The molecule has 1 fully saturated rings. The van der Waals surface area contributed by atoms with Crippen molar-refractivity contribution in [2.75, 3.05) is 5.32 Å². The summed E-state index contributed by atoms with van der Waals surface area (Å²) in [7, 11) is 1.91. The normalized spacial score (nSPS) is 13.6. The average molecular weight is 380 g/mol. The van der Waals surface area contributed by atoms with Crippen LogP contribution < -0.4 is 5.32 Å². The molecule has 0 bridgehead atoms. The predicted molar refractivity (Wildman–Crippen MR) is 104 cm³/mol. The molecule has 0 radical (unpaired) electrons. The number of amides is 1. The molecular weight excluding hydrogens is 360 g/mol. The number of carbonyl (C=O) groups excluding carboxylic acids is 1. The molecule has 3 heterocycles. The Morgan fingerprint density at radius 2 is 2.19 bits per heavy atom. The standard InChI is InChI=1S/C19H20N6OS/c1-12-3-6-15(22-17(12)14-4-5-14)18(26)23-16-9-13(7-8-20-16)10-27-19-24-21-11-25(19)2/h3,6-9,11,14H,4-5,10H2,1-2H3,(H,20,23,26). The van der Waals surface area contributed by atoms with E-state index in [1.54, 1.807) is 30.4 Å². The van der Waals surface area contributed by atoms with Crippen molar-refractivity contribution in [2.45, 2.75) is 36.6 Å². The number of aromatic nitrogens is 5. The summed E-state index contributed by atoms with van der Waals surface area (Å²) in [6.45, 7) is 2.04. The van der Waals surface area contributed by atoms with Gasteiger partial charge >= 0.3 is 0 Å². The van der Waals surface area contributed by atoms with Gasteiger partial charge in [0.25, 0.3) is 5.91 Å². The number of nitrogens with zero attached hydrogens (tertiary/aromatic N) is 5. The monoisotopic (exact) mass is 380 g/mol. The van der Waals surface area contributed by atoms with Crippen molar-refractivity contribution >= 4 is 23.5 Å². The zero-order valence-electron chi connectivity index (χ0n) is 15.2. The van der Waals surface area contributed by atoms with Gasteiger partial charge in [-0.2, -0.15) is 0 Å². The number of aryl methyl sites for hydroxylation is 2. The van der Waals surface area contributed by atoms with Gasteiger partial charge in [-0.1, -0.05) is 17.8 Å². The molecule has 0 atom stereocenters. The lowest BCUT2D eigenvalue weighted by Crippen LogP contribution is -2.15. The van der Waals surface area contributed by atoms with Crippen LogP contribution >= 0.6 is 11.8 Å². The van der Waals surface area contributed by atoms with Crippen LogP contribution in [0.3, 0.4) is 0 Å². The first-order valence-electron chi connectivity index (χ1n) is 8.81. The molecule has 4 rings (SSSR count). The Kier molecular flexibility index (Phi) is 4.89. The summed E-state index contributed by atoms with van der Waals surface area (Å²) < 4.78 is 1.87. The molecule has 0 aromatic carbocycles. The topological polar surface area (TPSA) is 85.6 Å². The highest BCUT2D eigenvalue weighted by molar-refractivity contribution is 7.98. The Balaban J connectivity index is 1.44. The Morgan fingerprint density at radius 3 is 2.93 bits per heavy atom. The molecule has 3 aromatic heterocycles. The molecule has 3 aromatic rings.